The molecule has 0 heterocycles. The second-order valence-corrected chi connectivity index (χ2v) is 6.24. The van der Waals surface area contributed by atoms with Gasteiger partial charge in [0, 0.05) is 21.2 Å². The summed E-state index contributed by atoms with van der Waals surface area (Å²) in [6, 6.07) is 13.0. The van der Waals surface area contributed by atoms with Crippen molar-refractivity contribution in [3.8, 4) is 0 Å². The van der Waals surface area contributed by atoms with Crippen LogP contribution in [-0.2, 0) is 0 Å². The van der Waals surface area contributed by atoms with Crippen molar-refractivity contribution in [2.24, 2.45) is 9.98 Å². The molecule has 128 valence electrons. The largest absolute Gasteiger partial charge is 0.277 e. The van der Waals surface area contributed by atoms with E-state index in [1.54, 1.807) is 72.8 Å². The van der Waals surface area contributed by atoms with Crippen LogP contribution in [-0.4, -0.2) is 23.2 Å². The Balaban J connectivity index is 1.70. The average molecular weight is 383 g/mol. The van der Waals surface area contributed by atoms with E-state index in [1.807, 2.05) is 0 Å². The van der Waals surface area contributed by atoms with E-state index in [2.05, 4.69) is 9.98 Å². The predicted molar refractivity (Wildman–Crippen MR) is 105 cm³/mol. The van der Waals surface area contributed by atoms with E-state index < -0.39 is 0 Å². The van der Waals surface area contributed by atoms with E-state index in [4.69, 9.17) is 23.2 Å². The number of carbonyl (C=O) groups is 2. The minimum Gasteiger partial charge on any atom is -0.267 e. The zero-order chi connectivity index (χ0) is 18.5. The van der Waals surface area contributed by atoms with Gasteiger partial charge in [-0.3, -0.25) is 9.59 Å². The Hall–Kier alpha value is -2.82. The van der Waals surface area contributed by atoms with Gasteiger partial charge in [0.1, 0.15) is 0 Å². The van der Waals surface area contributed by atoms with Crippen LogP contribution in [0.1, 0.15) is 20.7 Å². The fourth-order valence-electron chi connectivity index (χ4n) is 2.15. The Morgan fingerprint density at radius 2 is 0.885 bits per heavy atom. The maximum Gasteiger partial charge on any atom is 0.277 e. The lowest BCUT2D eigenvalue weighted by atomic mass is 10.1. The van der Waals surface area contributed by atoms with Crippen molar-refractivity contribution in [2.45, 2.75) is 0 Å². The number of hydrogen-bond donors (Lipinski definition) is 0. The number of benzene rings is 2. The third-order valence-electron chi connectivity index (χ3n) is 3.49. The molecule has 0 bridgehead atoms. The number of halogens is 2. The van der Waals surface area contributed by atoms with Crippen LogP contribution in [0.5, 0.6) is 0 Å². The van der Waals surface area contributed by atoms with Crippen LogP contribution in [0, 0.1) is 0 Å². The van der Waals surface area contributed by atoms with Crippen LogP contribution in [0.15, 0.2) is 82.8 Å². The molecule has 1 aliphatic carbocycles. The predicted octanol–water partition coefficient (Wildman–Crippen LogP) is 4.98. The third-order valence-corrected chi connectivity index (χ3v) is 4.00. The average Bonchev–Trinajstić information content (AvgIpc) is 2.64. The lowest BCUT2D eigenvalue weighted by Crippen LogP contribution is -2.06. The number of carbonyl (C=O) groups excluding carboxylic acids is 2. The summed E-state index contributed by atoms with van der Waals surface area (Å²) >= 11 is 11.6. The molecule has 0 spiro atoms. The molecule has 0 saturated carbocycles. The van der Waals surface area contributed by atoms with Gasteiger partial charge in [0.25, 0.3) is 11.8 Å². The summed E-state index contributed by atoms with van der Waals surface area (Å²) in [6.45, 7) is 0. The molecule has 2 aromatic rings. The van der Waals surface area contributed by atoms with Crippen LogP contribution in [0.4, 0.5) is 0 Å². The lowest BCUT2D eigenvalue weighted by Gasteiger charge is -2.03. The minimum absolute atomic E-state index is 0.372. The summed E-state index contributed by atoms with van der Waals surface area (Å²) in [5.74, 6) is -0.743. The highest BCUT2D eigenvalue weighted by Gasteiger charge is 2.08. The summed E-state index contributed by atoms with van der Waals surface area (Å²) < 4.78 is 0. The normalized spacial score (nSPS) is 12.8. The van der Waals surface area contributed by atoms with Crippen LogP contribution < -0.4 is 0 Å². The molecule has 3 rings (SSSR count). The Bertz CT molecular complexity index is 872. The standard InChI is InChI=1S/C20H12Cl2N2O2/c21-15-5-1-13(2-6-15)19(25)23-17-9-11-18(12-10-17)24-20(26)14-3-7-16(22)8-4-14/h1-12H. The van der Waals surface area contributed by atoms with E-state index in [9.17, 15) is 9.59 Å². The van der Waals surface area contributed by atoms with Gasteiger partial charge in [-0.2, -0.15) is 0 Å². The van der Waals surface area contributed by atoms with Crippen molar-refractivity contribution in [3.63, 3.8) is 0 Å². The first-order chi connectivity index (χ1) is 12.5. The number of aliphatic imine (C=N–C) groups is 2. The van der Waals surface area contributed by atoms with E-state index in [-0.39, 0.29) is 11.8 Å². The van der Waals surface area contributed by atoms with Gasteiger partial charge in [-0.25, -0.2) is 9.98 Å². The van der Waals surface area contributed by atoms with Crippen molar-refractivity contribution in [1.82, 2.24) is 0 Å². The van der Waals surface area contributed by atoms with Gasteiger partial charge in [-0.05, 0) is 72.8 Å². The molecule has 0 atom stereocenters. The minimum atomic E-state index is -0.372. The second kappa shape index (κ2) is 8.04. The molecule has 0 saturated heterocycles. The molecule has 6 heteroatoms. The van der Waals surface area contributed by atoms with E-state index in [1.165, 1.54) is 0 Å². The van der Waals surface area contributed by atoms with Gasteiger partial charge in [0.15, 0.2) is 0 Å². The number of rotatable bonds is 2. The monoisotopic (exact) mass is 382 g/mol. The highest BCUT2D eigenvalue weighted by atomic mass is 35.5. The number of hydrogen-bond acceptors (Lipinski definition) is 2. The van der Waals surface area contributed by atoms with Gasteiger partial charge in [0.05, 0.1) is 11.4 Å². The van der Waals surface area contributed by atoms with Crippen molar-refractivity contribution in [3.05, 3.63) is 94.0 Å². The molecule has 2 amide bonds. The molecule has 0 radical (unpaired) electrons. The van der Waals surface area contributed by atoms with Gasteiger partial charge in [-0.15, -0.1) is 0 Å². The lowest BCUT2D eigenvalue weighted by molar-refractivity contribution is 0.0994. The zero-order valence-corrected chi connectivity index (χ0v) is 14.9. The molecule has 26 heavy (non-hydrogen) atoms. The smallest absolute Gasteiger partial charge is 0.267 e. The first-order valence-corrected chi connectivity index (χ1v) is 8.40. The molecule has 0 N–H and O–H groups in total. The molecule has 0 unspecified atom stereocenters. The van der Waals surface area contributed by atoms with Gasteiger partial charge >= 0.3 is 0 Å². The van der Waals surface area contributed by atoms with Crippen molar-refractivity contribution in [2.75, 3.05) is 0 Å². The topological polar surface area (TPSA) is 58.9 Å². The Labute approximate surface area is 160 Å². The van der Waals surface area contributed by atoms with E-state index in [0.29, 0.717) is 32.6 Å². The molecular weight excluding hydrogens is 371 g/mol. The third kappa shape index (κ3) is 4.63. The summed E-state index contributed by atoms with van der Waals surface area (Å²) in [4.78, 5) is 32.3. The number of amides is 2. The fourth-order valence-corrected chi connectivity index (χ4v) is 2.40. The molecule has 0 aliphatic heterocycles. The molecule has 0 aromatic heterocycles. The van der Waals surface area contributed by atoms with Crippen LogP contribution >= 0.6 is 23.2 Å². The van der Waals surface area contributed by atoms with E-state index >= 15 is 0 Å². The Kier molecular flexibility index (Phi) is 5.56. The quantitative estimate of drug-likeness (QED) is 0.687. The van der Waals surface area contributed by atoms with E-state index in [0.717, 1.165) is 0 Å². The van der Waals surface area contributed by atoms with Crippen molar-refractivity contribution < 1.29 is 9.59 Å². The molecule has 1 aliphatic rings. The summed E-state index contributed by atoms with van der Waals surface area (Å²) in [7, 11) is 0. The van der Waals surface area contributed by atoms with Crippen LogP contribution in [0.25, 0.3) is 0 Å². The summed E-state index contributed by atoms with van der Waals surface area (Å²) in [5.41, 5.74) is 1.84. The highest BCUT2D eigenvalue weighted by molar-refractivity contribution is 6.31. The Morgan fingerprint density at radius 1 is 0.577 bits per heavy atom. The first-order valence-electron chi connectivity index (χ1n) is 7.64. The first kappa shape index (κ1) is 18.0. The van der Waals surface area contributed by atoms with Crippen LogP contribution in [0.2, 0.25) is 10.0 Å². The summed E-state index contributed by atoms with van der Waals surface area (Å²) in [5, 5.41) is 1.11. The number of nitrogens with zero attached hydrogens (tertiary/aromatic N) is 2. The second-order valence-electron chi connectivity index (χ2n) is 5.36. The fraction of sp³-hybridized carbons (Fsp3) is 0. The van der Waals surface area contributed by atoms with Gasteiger partial charge in [0.2, 0.25) is 0 Å². The maximum atomic E-state index is 12.1. The SMILES string of the molecule is O=C(N=C1C=CC(=NC(=O)c2ccc(Cl)cc2)C=C1)c1ccc(Cl)cc1. The Morgan fingerprint density at radius 3 is 1.19 bits per heavy atom. The number of allylic oxidation sites excluding steroid dienone is 4. The van der Waals surface area contributed by atoms with Crippen molar-refractivity contribution >= 4 is 46.4 Å². The molecule has 0 fully saturated rings. The summed E-state index contributed by atoms with van der Waals surface area (Å²) in [6.07, 6.45) is 6.51. The molecular formula is C20H12Cl2N2O2. The van der Waals surface area contributed by atoms with Gasteiger partial charge in [-0.1, -0.05) is 23.2 Å². The molecule has 4 nitrogen and oxygen atoms in total. The highest BCUT2D eigenvalue weighted by Crippen LogP contribution is 2.12. The zero-order valence-electron chi connectivity index (χ0n) is 13.4. The van der Waals surface area contributed by atoms with Crippen molar-refractivity contribution in [1.29, 1.82) is 0 Å². The van der Waals surface area contributed by atoms with Gasteiger partial charge < -0.3 is 0 Å². The maximum absolute atomic E-state index is 12.1. The van der Waals surface area contributed by atoms with Crippen LogP contribution in [0.3, 0.4) is 0 Å². The molecule has 2 aromatic carbocycles.